The summed E-state index contributed by atoms with van der Waals surface area (Å²) in [7, 11) is 0. The van der Waals surface area contributed by atoms with Gasteiger partial charge in [-0.1, -0.05) is 6.07 Å². The van der Waals surface area contributed by atoms with Gasteiger partial charge in [0.2, 0.25) is 0 Å². The fourth-order valence-electron chi connectivity index (χ4n) is 6.09. The van der Waals surface area contributed by atoms with E-state index in [2.05, 4.69) is 0 Å². The van der Waals surface area contributed by atoms with Crippen LogP contribution in [0.4, 0.5) is 0 Å². The number of aliphatic hydroxyl groups is 2. The third kappa shape index (κ3) is 3.49. The zero-order valence-corrected chi connectivity index (χ0v) is 21.5. The molecule has 42 heavy (non-hydrogen) atoms. The Morgan fingerprint density at radius 3 is 2.00 bits per heavy atom. The van der Waals surface area contributed by atoms with Crippen LogP contribution in [0.25, 0.3) is 0 Å². The second kappa shape index (κ2) is 8.65. The third-order valence-electron chi connectivity index (χ3n) is 8.03. The van der Waals surface area contributed by atoms with Crippen LogP contribution >= 0.6 is 0 Å². The minimum absolute atomic E-state index is 0.0177. The zero-order valence-electron chi connectivity index (χ0n) is 21.5. The summed E-state index contributed by atoms with van der Waals surface area (Å²) in [6.45, 7) is 0. The highest BCUT2D eigenvalue weighted by molar-refractivity contribution is 5.68. The minimum Gasteiger partial charge on any atom is -0.508 e. The van der Waals surface area contributed by atoms with Crippen molar-refractivity contribution in [3.8, 4) is 57.5 Å². The predicted octanol–water partition coefficient (Wildman–Crippen LogP) is 2.79. The van der Waals surface area contributed by atoms with Gasteiger partial charge in [-0.05, 0) is 35.9 Å². The van der Waals surface area contributed by atoms with Crippen molar-refractivity contribution in [3.63, 3.8) is 0 Å². The number of hydrogen-bond acceptors (Lipinski definition) is 12. The van der Waals surface area contributed by atoms with E-state index in [0.717, 1.165) is 12.1 Å². The van der Waals surface area contributed by atoms with Crippen molar-refractivity contribution >= 4 is 0 Å². The van der Waals surface area contributed by atoms with Gasteiger partial charge >= 0.3 is 5.79 Å². The van der Waals surface area contributed by atoms with E-state index in [1.807, 2.05) is 0 Å². The third-order valence-corrected chi connectivity index (χ3v) is 8.03. The minimum atomic E-state index is -2.09. The van der Waals surface area contributed by atoms with Gasteiger partial charge in [0, 0.05) is 46.9 Å². The summed E-state index contributed by atoms with van der Waals surface area (Å²) >= 11 is 0. The summed E-state index contributed by atoms with van der Waals surface area (Å²) in [5, 5.41) is 95.1. The van der Waals surface area contributed by atoms with E-state index in [4.69, 9.17) is 14.2 Å². The molecule has 12 heteroatoms. The molecule has 9 N–H and O–H groups in total. The number of rotatable bonds is 2. The first-order valence-electron chi connectivity index (χ1n) is 12.9. The highest BCUT2D eigenvalue weighted by Crippen LogP contribution is 2.62. The number of aliphatic hydroxyl groups excluding tert-OH is 2. The highest BCUT2D eigenvalue weighted by Gasteiger charge is 2.60. The van der Waals surface area contributed by atoms with Crippen molar-refractivity contribution in [2.24, 2.45) is 0 Å². The molecule has 0 amide bonds. The molecule has 4 aromatic carbocycles. The van der Waals surface area contributed by atoms with Crippen LogP contribution in [-0.2, 0) is 12.2 Å². The number of phenols is 7. The molecule has 2 bridgehead atoms. The maximum atomic E-state index is 11.9. The summed E-state index contributed by atoms with van der Waals surface area (Å²) in [5.41, 5.74) is 0.842. The van der Waals surface area contributed by atoms with Crippen LogP contribution < -0.4 is 14.2 Å². The molecule has 4 aromatic rings. The zero-order chi connectivity index (χ0) is 29.7. The lowest BCUT2D eigenvalue weighted by molar-refractivity contribution is -0.219. The second-order valence-corrected chi connectivity index (χ2v) is 10.5. The Hall–Kier alpha value is -5.20. The number of fused-ring (bicyclic) bond motifs is 8. The van der Waals surface area contributed by atoms with Crippen LogP contribution in [0.15, 0.2) is 54.6 Å². The average Bonchev–Trinajstić information content (AvgIpc) is 2.92. The number of aromatic hydroxyl groups is 7. The molecule has 1 unspecified atom stereocenters. The molecule has 5 atom stereocenters. The molecule has 0 radical (unpaired) electrons. The Labute approximate surface area is 236 Å². The monoisotopic (exact) mass is 576 g/mol. The van der Waals surface area contributed by atoms with Gasteiger partial charge in [0.05, 0.1) is 12.0 Å². The summed E-state index contributed by atoms with van der Waals surface area (Å²) in [5.74, 6) is -6.11. The molecule has 3 aliphatic heterocycles. The van der Waals surface area contributed by atoms with Gasteiger partial charge < -0.3 is 60.2 Å². The Kier molecular flexibility index (Phi) is 5.30. The molecule has 0 aromatic heterocycles. The van der Waals surface area contributed by atoms with E-state index in [1.54, 1.807) is 0 Å². The van der Waals surface area contributed by atoms with Crippen molar-refractivity contribution in [2.45, 2.75) is 36.4 Å². The smallest absolute Gasteiger partial charge is 0.305 e. The van der Waals surface area contributed by atoms with E-state index in [9.17, 15) is 46.0 Å². The van der Waals surface area contributed by atoms with Crippen LogP contribution in [0, 0.1) is 0 Å². The first-order valence-corrected chi connectivity index (χ1v) is 12.9. The SMILES string of the molecule is Oc1cc(O)c2c(c1)O[C@]1(c3ccc(O)c(O)c3)Oc3cc(O)c4c(c3[C@H]2C1O)O[C@H](c1ccc(O)c(O)c1)[C@@H](O)C4. The van der Waals surface area contributed by atoms with E-state index in [0.29, 0.717) is 5.56 Å². The lowest BCUT2D eigenvalue weighted by Gasteiger charge is -2.50. The topological polar surface area (TPSA) is 210 Å². The van der Waals surface area contributed by atoms with E-state index in [-0.39, 0.29) is 63.2 Å². The standard InChI is InChI=1S/C30H24O12/c31-13-7-20(37)24-22(8-13)41-30(12-2-4-16(33)19(36)6-12)29(39)26(24)25-23(42-30)10-17(34)14-9-21(38)27(40-28(14)25)11-1-3-15(32)18(35)5-11/h1-8,10,21,26-27,29,31-39H,9H2/t21-,26-,27+,29?,30+/m0/s1. The molecule has 0 saturated carbocycles. The largest absolute Gasteiger partial charge is 0.508 e. The highest BCUT2D eigenvalue weighted by atomic mass is 16.7. The molecule has 12 nitrogen and oxygen atoms in total. The van der Waals surface area contributed by atoms with Crippen LogP contribution in [0.1, 0.15) is 39.8 Å². The van der Waals surface area contributed by atoms with E-state index in [1.165, 1.54) is 42.5 Å². The molecule has 0 saturated heterocycles. The van der Waals surface area contributed by atoms with Crippen molar-refractivity contribution < 1.29 is 60.2 Å². The van der Waals surface area contributed by atoms with Gasteiger partial charge in [0.25, 0.3) is 0 Å². The number of phenolic OH excluding ortho intramolecular Hbond substituents is 7. The predicted molar refractivity (Wildman–Crippen MR) is 141 cm³/mol. The normalized spacial score (nSPS) is 25.2. The summed E-state index contributed by atoms with van der Waals surface area (Å²) in [6, 6.07) is 11.1. The summed E-state index contributed by atoms with van der Waals surface area (Å²) in [4.78, 5) is 0. The number of benzene rings is 4. The molecule has 0 fully saturated rings. The molecule has 3 heterocycles. The molecular weight excluding hydrogens is 552 g/mol. The summed E-state index contributed by atoms with van der Waals surface area (Å²) in [6.07, 6.45) is -4.00. The Bertz CT molecular complexity index is 1790. The lowest BCUT2D eigenvalue weighted by atomic mass is 9.74. The number of hydrogen-bond donors (Lipinski definition) is 9. The van der Waals surface area contributed by atoms with Crippen LogP contribution in [-0.4, -0.2) is 58.2 Å². The first-order chi connectivity index (χ1) is 20.0. The maximum Gasteiger partial charge on any atom is 0.305 e. The van der Waals surface area contributed by atoms with Gasteiger partial charge in [0.15, 0.2) is 23.0 Å². The Morgan fingerprint density at radius 2 is 1.31 bits per heavy atom. The molecule has 216 valence electrons. The molecular formula is C30H24O12. The fraction of sp³-hybridized carbons (Fsp3) is 0.200. The second-order valence-electron chi connectivity index (χ2n) is 10.5. The van der Waals surface area contributed by atoms with Gasteiger partial charge in [-0.2, -0.15) is 0 Å². The quantitative estimate of drug-likeness (QED) is 0.158. The molecule has 3 aliphatic rings. The Balaban J connectivity index is 1.47. The number of ether oxygens (including phenoxy) is 3. The fourth-order valence-corrected chi connectivity index (χ4v) is 6.09. The average molecular weight is 577 g/mol. The van der Waals surface area contributed by atoms with Gasteiger partial charge in [-0.3, -0.25) is 0 Å². The molecule has 0 spiro atoms. The van der Waals surface area contributed by atoms with Gasteiger partial charge in [-0.15, -0.1) is 0 Å². The van der Waals surface area contributed by atoms with Crippen molar-refractivity contribution in [2.75, 3.05) is 0 Å². The molecule has 0 aliphatic carbocycles. The van der Waals surface area contributed by atoms with Crippen LogP contribution in [0.2, 0.25) is 0 Å². The van der Waals surface area contributed by atoms with Gasteiger partial charge in [0.1, 0.15) is 46.7 Å². The maximum absolute atomic E-state index is 11.9. The first kappa shape index (κ1) is 25.7. The van der Waals surface area contributed by atoms with Crippen LogP contribution in [0.3, 0.4) is 0 Å². The van der Waals surface area contributed by atoms with E-state index >= 15 is 0 Å². The van der Waals surface area contributed by atoms with Crippen molar-refractivity contribution in [3.05, 3.63) is 82.4 Å². The summed E-state index contributed by atoms with van der Waals surface area (Å²) < 4.78 is 18.6. The van der Waals surface area contributed by atoms with Crippen LogP contribution in [0.5, 0.6) is 57.5 Å². The van der Waals surface area contributed by atoms with Crippen molar-refractivity contribution in [1.82, 2.24) is 0 Å². The van der Waals surface area contributed by atoms with Gasteiger partial charge in [-0.25, -0.2) is 0 Å². The lowest BCUT2D eigenvalue weighted by Crippen LogP contribution is -2.57. The Morgan fingerprint density at radius 1 is 0.643 bits per heavy atom. The van der Waals surface area contributed by atoms with E-state index < -0.39 is 53.0 Å². The molecule has 7 rings (SSSR count). The van der Waals surface area contributed by atoms with Crippen molar-refractivity contribution in [1.29, 1.82) is 0 Å².